The van der Waals surface area contributed by atoms with E-state index >= 15 is 0 Å². The molecule has 7 heteroatoms. The number of anilines is 2. The van der Waals surface area contributed by atoms with E-state index in [-0.39, 0.29) is 24.3 Å². The summed E-state index contributed by atoms with van der Waals surface area (Å²) in [5, 5.41) is 9.95. The van der Waals surface area contributed by atoms with Crippen LogP contribution in [0.5, 0.6) is 0 Å². The van der Waals surface area contributed by atoms with Gasteiger partial charge in [0.15, 0.2) is 0 Å². The molecule has 0 aliphatic carbocycles. The Bertz CT molecular complexity index is 776. The maximum absolute atomic E-state index is 12.4. The molecule has 1 aromatic heterocycles. The fourth-order valence-electron chi connectivity index (χ4n) is 2.91. The Morgan fingerprint density at radius 1 is 1.19 bits per heavy atom. The molecule has 136 valence electrons. The standard InChI is InChI=1S/C19H22N4O3/c1-2-18(24)21-15-5-3-14(4-6-15)13-19(25)22-17-7-10-20-23(17)16-8-11-26-12-9-16/h2-7,10,16H,1,8-9,11-13H2,(H,21,24)(H,22,25). The zero-order chi connectivity index (χ0) is 18.4. The molecule has 7 nitrogen and oxygen atoms in total. The molecule has 0 spiro atoms. The van der Waals surface area contributed by atoms with Crippen molar-refractivity contribution in [3.05, 3.63) is 54.7 Å². The molecule has 1 aromatic carbocycles. The lowest BCUT2D eigenvalue weighted by atomic mass is 10.1. The lowest BCUT2D eigenvalue weighted by molar-refractivity contribution is -0.115. The minimum absolute atomic E-state index is 0.110. The molecule has 0 bridgehead atoms. The first-order chi connectivity index (χ1) is 12.7. The Kier molecular flexibility index (Phi) is 5.80. The minimum Gasteiger partial charge on any atom is -0.381 e. The summed E-state index contributed by atoms with van der Waals surface area (Å²) < 4.78 is 7.25. The molecular formula is C19H22N4O3. The van der Waals surface area contributed by atoms with Gasteiger partial charge in [-0.2, -0.15) is 5.10 Å². The summed E-state index contributed by atoms with van der Waals surface area (Å²) in [7, 11) is 0. The Labute approximate surface area is 152 Å². The number of carbonyl (C=O) groups excluding carboxylic acids is 2. The second-order valence-electron chi connectivity index (χ2n) is 6.12. The Balaban J connectivity index is 1.58. The van der Waals surface area contributed by atoms with Crippen molar-refractivity contribution >= 4 is 23.3 Å². The topological polar surface area (TPSA) is 85.3 Å². The molecule has 1 saturated heterocycles. The van der Waals surface area contributed by atoms with Gasteiger partial charge in [0.1, 0.15) is 5.82 Å². The molecular weight excluding hydrogens is 332 g/mol. The third-order valence-corrected chi connectivity index (χ3v) is 4.25. The second kappa shape index (κ2) is 8.44. The highest BCUT2D eigenvalue weighted by molar-refractivity contribution is 5.98. The number of nitrogens with zero attached hydrogens (tertiary/aromatic N) is 2. The van der Waals surface area contributed by atoms with Gasteiger partial charge in [-0.05, 0) is 36.6 Å². The van der Waals surface area contributed by atoms with Crippen LogP contribution in [0, 0.1) is 0 Å². The fourth-order valence-corrected chi connectivity index (χ4v) is 2.91. The van der Waals surface area contributed by atoms with Crippen LogP contribution in [0.3, 0.4) is 0 Å². The van der Waals surface area contributed by atoms with Crippen molar-refractivity contribution in [3.63, 3.8) is 0 Å². The summed E-state index contributed by atoms with van der Waals surface area (Å²) >= 11 is 0. The molecule has 1 aliphatic rings. The Morgan fingerprint density at radius 3 is 2.62 bits per heavy atom. The lowest BCUT2D eigenvalue weighted by Crippen LogP contribution is -2.24. The number of benzene rings is 1. The highest BCUT2D eigenvalue weighted by Crippen LogP contribution is 2.24. The van der Waals surface area contributed by atoms with Crippen LogP contribution < -0.4 is 10.6 Å². The molecule has 26 heavy (non-hydrogen) atoms. The molecule has 2 heterocycles. The van der Waals surface area contributed by atoms with Gasteiger partial charge in [0.05, 0.1) is 18.7 Å². The lowest BCUT2D eigenvalue weighted by Gasteiger charge is -2.24. The zero-order valence-electron chi connectivity index (χ0n) is 14.5. The summed E-state index contributed by atoms with van der Waals surface area (Å²) in [4.78, 5) is 23.6. The summed E-state index contributed by atoms with van der Waals surface area (Å²) in [6, 6.07) is 9.21. The molecule has 0 atom stereocenters. The number of carbonyl (C=O) groups is 2. The van der Waals surface area contributed by atoms with Crippen molar-refractivity contribution in [1.82, 2.24) is 9.78 Å². The third-order valence-electron chi connectivity index (χ3n) is 4.25. The van der Waals surface area contributed by atoms with E-state index in [1.54, 1.807) is 24.4 Å². The van der Waals surface area contributed by atoms with Gasteiger partial charge < -0.3 is 15.4 Å². The van der Waals surface area contributed by atoms with Crippen LogP contribution in [0.25, 0.3) is 0 Å². The van der Waals surface area contributed by atoms with E-state index in [1.807, 2.05) is 16.8 Å². The summed E-state index contributed by atoms with van der Waals surface area (Å²) in [5.74, 6) is 0.329. The van der Waals surface area contributed by atoms with E-state index in [1.165, 1.54) is 6.08 Å². The smallest absolute Gasteiger partial charge is 0.247 e. The molecule has 1 fully saturated rings. The molecule has 2 aromatic rings. The first kappa shape index (κ1) is 17.9. The fraction of sp³-hybridized carbons (Fsp3) is 0.316. The number of ether oxygens (including phenoxy) is 1. The van der Waals surface area contributed by atoms with Crippen molar-refractivity contribution < 1.29 is 14.3 Å². The van der Waals surface area contributed by atoms with Crippen molar-refractivity contribution in [2.24, 2.45) is 0 Å². The van der Waals surface area contributed by atoms with Gasteiger partial charge in [0, 0.05) is 25.0 Å². The largest absolute Gasteiger partial charge is 0.381 e. The van der Waals surface area contributed by atoms with Crippen LogP contribution >= 0.6 is 0 Å². The summed E-state index contributed by atoms with van der Waals surface area (Å²) in [6.45, 7) is 4.84. The number of nitrogens with one attached hydrogen (secondary N) is 2. The van der Waals surface area contributed by atoms with Crippen molar-refractivity contribution in [2.75, 3.05) is 23.8 Å². The van der Waals surface area contributed by atoms with Gasteiger partial charge in [0.2, 0.25) is 11.8 Å². The highest BCUT2D eigenvalue weighted by atomic mass is 16.5. The summed E-state index contributed by atoms with van der Waals surface area (Å²) in [5.41, 5.74) is 1.52. The van der Waals surface area contributed by atoms with Gasteiger partial charge in [-0.3, -0.25) is 9.59 Å². The molecule has 0 radical (unpaired) electrons. The number of hydrogen-bond acceptors (Lipinski definition) is 4. The normalized spacial score (nSPS) is 14.6. The molecule has 0 saturated carbocycles. The van der Waals surface area contributed by atoms with Crippen LogP contribution in [0.4, 0.5) is 11.5 Å². The average Bonchev–Trinajstić information content (AvgIpc) is 3.12. The van der Waals surface area contributed by atoms with E-state index in [4.69, 9.17) is 4.74 Å². The molecule has 2 N–H and O–H groups in total. The van der Waals surface area contributed by atoms with Crippen LogP contribution in [-0.4, -0.2) is 34.8 Å². The van der Waals surface area contributed by atoms with Crippen LogP contribution in [0.15, 0.2) is 49.2 Å². The molecule has 3 rings (SSSR count). The number of rotatable bonds is 6. The number of aromatic nitrogens is 2. The minimum atomic E-state index is -0.267. The van der Waals surface area contributed by atoms with Gasteiger partial charge >= 0.3 is 0 Å². The van der Waals surface area contributed by atoms with Gasteiger partial charge in [0.25, 0.3) is 0 Å². The maximum Gasteiger partial charge on any atom is 0.247 e. The first-order valence-corrected chi connectivity index (χ1v) is 8.59. The van der Waals surface area contributed by atoms with Gasteiger partial charge in [-0.15, -0.1) is 0 Å². The molecule has 2 amide bonds. The van der Waals surface area contributed by atoms with E-state index < -0.39 is 0 Å². The van der Waals surface area contributed by atoms with E-state index in [2.05, 4.69) is 22.3 Å². The zero-order valence-corrected chi connectivity index (χ0v) is 14.5. The van der Waals surface area contributed by atoms with Crippen molar-refractivity contribution in [2.45, 2.75) is 25.3 Å². The molecule has 1 aliphatic heterocycles. The van der Waals surface area contributed by atoms with Gasteiger partial charge in [-0.25, -0.2) is 4.68 Å². The van der Waals surface area contributed by atoms with Crippen LogP contribution in [0.2, 0.25) is 0 Å². The summed E-state index contributed by atoms with van der Waals surface area (Å²) in [6.07, 6.45) is 4.94. The van der Waals surface area contributed by atoms with E-state index in [0.717, 1.165) is 18.4 Å². The Hall–Kier alpha value is -2.93. The van der Waals surface area contributed by atoms with Crippen molar-refractivity contribution in [3.8, 4) is 0 Å². The molecule has 0 unspecified atom stereocenters. The quantitative estimate of drug-likeness (QED) is 0.781. The average molecular weight is 354 g/mol. The van der Waals surface area contributed by atoms with Crippen molar-refractivity contribution in [1.29, 1.82) is 0 Å². The van der Waals surface area contributed by atoms with E-state index in [9.17, 15) is 9.59 Å². The highest BCUT2D eigenvalue weighted by Gasteiger charge is 2.19. The SMILES string of the molecule is C=CC(=O)Nc1ccc(CC(=O)Nc2ccnn2C2CCOCC2)cc1. The Morgan fingerprint density at radius 2 is 1.92 bits per heavy atom. The van der Waals surface area contributed by atoms with Crippen LogP contribution in [0.1, 0.15) is 24.4 Å². The maximum atomic E-state index is 12.4. The predicted octanol–water partition coefficient (Wildman–Crippen LogP) is 2.54. The van der Waals surface area contributed by atoms with E-state index in [0.29, 0.717) is 24.7 Å². The monoisotopic (exact) mass is 354 g/mol. The number of amides is 2. The second-order valence-corrected chi connectivity index (χ2v) is 6.12. The predicted molar refractivity (Wildman–Crippen MR) is 98.9 cm³/mol. The number of hydrogen-bond donors (Lipinski definition) is 2. The van der Waals surface area contributed by atoms with Gasteiger partial charge in [-0.1, -0.05) is 18.7 Å². The van der Waals surface area contributed by atoms with Crippen LogP contribution in [-0.2, 0) is 20.7 Å². The third kappa shape index (κ3) is 4.58. The first-order valence-electron chi connectivity index (χ1n) is 8.59.